The molecule has 3 nitrogen and oxygen atoms in total. The summed E-state index contributed by atoms with van der Waals surface area (Å²) in [7, 11) is 0. The lowest BCUT2D eigenvalue weighted by atomic mass is 10.2. The fourth-order valence-electron chi connectivity index (χ4n) is 1.45. The second kappa shape index (κ2) is 5.29. The molecular formula is C13H8Cl2O3. The van der Waals surface area contributed by atoms with Crippen molar-refractivity contribution in [1.82, 2.24) is 0 Å². The molecule has 0 aliphatic carbocycles. The van der Waals surface area contributed by atoms with Crippen LogP contribution in [0.25, 0.3) is 0 Å². The van der Waals surface area contributed by atoms with Crippen LogP contribution < -0.4 is 4.74 Å². The van der Waals surface area contributed by atoms with Crippen LogP contribution in [0.2, 0.25) is 10.0 Å². The van der Waals surface area contributed by atoms with Gasteiger partial charge in [-0.05, 0) is 30.3 Å². The summed E-state index contributed by atoms with van der Waals surface area (Å²) in [6.07, 6.45) is 0. The fraction of sp³-hybridized carbons (Fsp3) is 0. The standard InChI is InChI=1S/C13H8Cl2O3/c14-8-5-9(15)7-10(6-8)18-12-4-2-1-3-11(12)13(16)17/h1-7H,(H,16,17). The Morgan fingerprint density at radius 1 is 1.06 bits per heavy atom. The Morgan fingerprint density at radius 3 is 2.28 bits per heavy atom. The van der Waals surface area contributed by atoms with Crippen molar-refractivity contribution in [2.24, 2.45) is 0 Å². The molecule has 18 heavy (non-hydrogen) atoms. The Balaban J connectivity index is 2.37. The first-order valence-corrected chi connectivity index (χ1v) is 5.78. The molecule has 0 amide bonds. The van der Waals surface area contributed by atoms with Gasteiger partial charge >= 0.3 is 5.97 Å². The first kappa shape index (κ1) is 12.7. The molecule has 92 valence electrons. The van der Waals surface area contributed by atoms with E-state index in [0.29, 0.717) is 15.8 Å². The Kier molecular flexibility index (Phi) is 3.75. The minimum absolute atomic E-state index is 0.0774. The summed E-state index contributed by atoms with van der Waals surface area (Å²) in [5, 5.41) is 9.86. The van der Waals surface area contributed by atoms with E-state index in [4.69, 9.17) is 33.0 Å². The zero-order valence-electron chi connectivity index (χ0n) is 9.06. The van der Waals surface area contributed by atoms with E-state index in [1.807, 2.05) is 0 Å². The van der Waals surface area contributed by atoms with Crippen molar-refractivity contribution in [1.29, 1.82) is 0 Å². The van der Waals surface area contributed by atoms with Gasteiger partial charge in [-0.1, -0.05) is 35.3 Å². The lowest BCUT2D eigenvalue weighted by Gasteiger charge is -2.09. The molecule has 2 aromatic carbocycles. The van der Waals surface area contributed by atoms with E-state index in [2.05, 4.69) is 0 Å². The number of halogens is 2. The number of rotatable bonds is 3. The number of ether oxygens (including phenoxy) is 1. The van der Waals surface area contributed by atoms with Crippen molar-refractivity contribution < 1.29 is 14.6 Å². The van der Waals surface area contributed by atoms with Gasteiger partial charge in [0.05, 0.1) is 0 Å². The van der Waals surface area contributed by atoms with Crippen LogP contribution in [-0.2, 0) is 0 Å². The molecule has 0 bridgehead atoms. The Hall–Kier alpha value is -1.71. The van der Waals surface area contributed by atoms with E-state index < -0.39 is 5.97 Å². The van der Waals surface area contributed by atoms with Gasteiger partial charge in [0.25, 0.3) is 0 Å². The molecule has 0 atom stereocenters. The van der Waals surface area contributed by atoms with Crippen LogP contribution in [0.4, 0.5) is 0 Å². The molecule has 1 N–H and O–H groups in total. The summed E-state index contributed by atoms with van der Waals surface area (Å²) in [5.41, 5.74) is 0.0774. The Morgan fingerprint density at radius 2 is 1.67 bits per heavy atom. The second-order valence-corrected chi connectivity index (χ2v) is 4.38. The number of carbonyl (C=O) groups is 1. The molecule has 0 saturated carbocycles. The van der Waals surface area contributed by atoms with Gasteiger partial charge in [0.15, 0.2) is 0 Å². The summed E-state index contributed by atoms with van der Waals surface area (Å²) in [6, 6.07) is 11.0. The molecule has 0 fully saturated rings. The van der Waals surface area contributed by atoms with Crippen LogP contribution in [-0.4, -0.2) is 11.1 Å². The first-order valence-electron chi connectivity index (χ1n) is 5.02. The van der Waals surface area contributed by atoms with E-state index in [0.717, 1.165) is 0 Å². The number of carboxylic acids is 1. The highest BCUT2D eigenvalue weighted by molar-refractivity contribution is 6.34. The maximum Gasteiger partial charge on any atom is 0.339 e. The average Bonchev–Trinajstić information content (AvgIpc) is 2.27. The van der Waals surface area contributed by atoms with E-state index in [-0.39, 0.29) is 11.3 Å². The Bertz CT molecular complexity index is 576. The average molecular weight is 283 g/mol. The van der Waals surface area contributed by atoms with Gasteiger partial charge < -0.3 is 9.84 Å². The lowest BCUT2D eigenvalue weighted by Crippen LogP contribution is -1.99. The van der Waals surface area contributed by atoms with Crippen molar-refractivity contribution in [3.8, 4) is 11.5 Å². The number of benzene rings is 2. The highest BCUT2D eigenvalue weighted by atomic mass is 35.5. The molecule has 2 aromatic rings. The Labute approximate surface area is 114 Å². The third kappa shape index (κ3) is 2.94. The zero-order chi connectivity index (χ0) is 13.1. The summed E-state index contributed by atoms with van der Waals surface area (Å²) < 4.78 is 5.48. The number of hydrogen-bond donors (Lipinski definition) is 1. The monoisotopic (exact) mass is 282 g/mol. The van der Waals surface area contributed by atoms with Crippen LogP contribution in [0, 0.1) is 0 Å². The minimum Gasteiger partial charge on any atom is -0.478 e. The fourth-order valence-corrected chi connectivity index (χ4v) is 1.95. The predicted octanol–water partition coefficient (Wildman–Crippen LogP) is 4.48. The van der Waals surface area contributed by atoms with Crippen LogP contribution in [0.1, 0.15) is 10.4 Å². The maximum atomic E-state index is 11.0. The molecule has 5 heteroatoms. The van der Waals surface area contributed by atoms with E-state index in [9.17, 15) is 4.79 Å². The van der Waals surface area contributed by atoms with E-state index in [1.54, 1.807) is 36.4 Å². The number of hydrogen-bond acceptors (Lipinski definition) is 2. The molecular weight excluding hydrogens is 275 g/mol. The largest absolute Gasteiger partial charge is 0.478 e. The molecule has 0 unspecified atom stereocenters. The molecule has 0 spiro atoms. The molecule has 0 aromatic heterocycles. The smallest absolute Gasteiger partial charge is 0.339 e. The van der Waals surface area contributed by atoms with Crippen molar-refractivity contribution in [3.63, 3.8) is 0 Å². The third-order valence-corrected chi connectivity index (χ3v) is 2.62. The molecule has 0 radical (unpaired) electrons. The molecule has 0 aliphatic heterocycles. The van der Waals surface area contributed by atoms with E-state index >= 15 is 0 Å². The molecule has 0 aliphatic rings. The van der Waals surface area contributed by atoms with Gasteiger partial charge in [-0.15, -0.1) is 0 Å². The SMILES string of the molecule is O=C(O)c1ccccc1Oc1cc(Cl)cc(Cl)c1. The van der Waals surface area contributed by atoms with Crippen LogP contribution >= 0.6 is 23.2 Å². The maximum absolute atomic E-state index is 11.0. The first-order chi connectivity index (χ1) is 8.56. The van der Waals surface area contributed by atoms with Gasteiger partial charge in [0.1, 0.15) is 17.1 Å². The summed E-state index contributed by atoms with van der Waals surface area (Å²) in [5.74, 6) is -0.428. The quantitative estimate of drug-likeness (QED) is 0.903. The zero-order valence-corrected chi connectivity index (χ0v) is 10.6. The summed E-state index contributed by atoms with van der Waals surface area (Å²) >= 11 is 11.7. The highest BCUT2D eigenvalue weighted by Gasteiger charge is 2.11. The van der Waals surface area contributed by atoms with Crippen molar-refractivity contribution in [2.75, 3.05) is 0 Å². The highest BCUT2D eigenvalue weighted by Crippen LogP contribution is 2.30. The van der Waals surface area contributed by atoms with Gasteiger partial charge in [-0.25, -0.2) is 4.79 Å². The predicted molar refractivity (Wildman–Crippen MR) is 69.9 cm³/mol. The van der Waals surface area contributed by atoms with E-state index in [1.165, 1.54) is 6.07 Å². The number of carboxylic acid groups (broad SMARTS) is 1. The molecule has 2 rings (SSSR count). The van der Waals surface area contributed by atoms with Crippen LogP contribution in [0.5, 0.6) is 11.5 Å². The normalized spacial score (nSPS) is 10.1. The minimum atomic E-state index is -1.06. The number of para-hydroxylation sites is 1. The van der Waals surface area contributed by atoms with Crippen molar-refractivity contribution in [2.45, 2.75) is 0 Å². The lowest BCUT2D eigenvalue weighted by molar-refractivity contribution is 0.0694. The molecule has 0 heterocycles. The topological polar surface area (TPSA) is 46.5 Å². The summed E-state index contributed by atoms with van der Waals surface area (Å²) in [4.78, 5) is 11.0. The van der Waals surface area contributed by atoms with Gasteiger partial charge in [0.2, 0.25) is 0 Å². The summed E-state index contributed by atoms with van der Waals surface area (Å²) in [6.45, 7) is 0. The van der Waals surface area contributed by atoms with Crippen molar-refractivity contribution in [3.05, 3.63) is 58.1 Å². The van der Waals surface area contributed by atoms with Crippen LogP contribution in [0.3, 0.4) is 0 Å². The molecule has 0 saturated heterocycles. The van der Waals surface area contributed by atoms with Crippen molar-refractivity contribution >= 4 is 29.2 Å². The van der Waals surface area contributed by atoms with Gasteiger partial charge in [0, 0.05) is 10.0 Å². The van der Waals surface area contributed by atoms with Gasteiger partial charge in [-0.2, -0.15) is 0 Å². The second-order valence-electron chi connectivity index (χ2n) is 3.51. The van der Waals surface area contributed by atoms with Gasteiger partial charge in [-0.3, -0.25) is 0 Å². The van der Waals surface area contributed by atoms with Crippen LogP contribution in [0.15, 0.2) is 42.5 Å². The number of aromatic carboxylic acids is 1. The third-order valence-electron chi connectivity index (χ3n) is 2.18.